The van der Waals surface area contributed by atoms with Crippen molar-refractivity contribution in [3.63, 3.8) is 0 Å². The molecule has 0 fully saturated rings. The number of aromatic hydroxyl groups is 2. The first-order chi connectivity index (χ1) is 60.0. The van der Waals surface area contributed by atoms with E-state index < -0.39 is 98.7 Å². The number of quaternary nitrogens is 1. The van der Waals surface area contributed by atoms with E-state index >= 15 is 0 Å². The maximum Gasteiger partial charge on any atom is 0.569 e. The minimum atomic E-state index is -1.01. The Bertz CT molecular complexity index is 5130. The van der Waals surface area contributed by atoms with Gasteiger partial charge in [0.15, 0.2) is 81.4 Å². The second-order valence-electron chi connectivity index (χ2n) is 30.2. The topological polar surface area (TPSA) is 268 Å². The van der Waals surface area contributed by atoms with Gasteiger partial charge in [0.05, 0.1) is 18.5 Å². The molecule has 35 heteroatoms. The fraction of sp³-hybridized carbons (Fsp3) is 0.277. The molecule has 0 spiro atoms. The third-order valence-corrected chi connectivity index (χ3v) is 18.6. The molecule has 0 saturated carbocycles. The fourth-order valence-electron chi connectivity index (χ4n) is 11.1. The summed E-state index contributed by atoms with van der Waals surface area (Å²) in [6.07, 6.45) is 4.03. The first kappa shape index (κ1) is 113. The molecule has 0 aliphatic rings. The van der Waals surface area contributed by atoms with Crippen molar-refractivity contribution in [2.75, 3.05) is 46.6 Å². The second-order valence-corrected chi connectivity index (χ2v) is 32.7. The molecule has 1 radical (unpaired) electrons. The zero-order valence-electron chi connectivity index (χ0n) is 71.7. The number of carbonyl (C=O) groups is 2. The molecule has 11 aromatic carbocycles. The van der Waals surface area contributed by atoms with Crippen LogP contribution in [0, 0.1) is 93.3 Å². The molecule has 3 atom stereocenters. The summed E-state index contributed by atoms with van der Waals surface area (Å²) in [6, 6.07) is 43.3. The summed E-state index contributed by atoms with van der Waals surface area (Å²) >= 11 is 12.7. The lowest BCUT2D eigenvalue weighted by molar-refractivity contribution is -0.368. The van der Waals surface area contributed by atoms with E-state index in [1.54, 1.807) is 75.4 Å². The number of ether oxygens (including phenoxy) is 4. The fourth-order valence-corrected chi connectivity index (χ4v) is 12.6. The van der Waals surface area contributed by atoms with Gasteiger partial charge < -0.3 is 84.0 Å². The average Bonchev–Trinajstić information content (AvgIpc) is 0.809. The number of alkyl carbamates (subject to hydrolysis) is 2. The number of hydrogen-bond donors (Lipinski definition) is 9. The van der Waals surface area contributed by atoms with Gasteiger partial charge in [-0.3, -0.25) is 0 Å². The van der Waals surface area contributed by atoms with E-state index in [0.29, 0.717) is 112 Å². The van der Waals surface area contributed by atoms with Crippen molar-refractivity contribution >= 4 is 63.3 Å². The van der Waals surface area contributed by atoms with E-state index in [1.165, 1.54) is 54.6 Å². The Kier molecular flexibility index (Phi) is 48.9. The summed E-state index contributed by atoms with van der Waals surface area (Å²) in [6.45, 7) is 17.5. The minimum Gasteiger partial charge on any atom is -1.00 e. The Morgan fingerprint density at radius 1 is 0.395 bits per heavy atom. The molecule has 0 heterocycles. The first-order valence-corrected chi connectivity index (χ1v) is 41.3. The number of rotatable bonds is 26. The largest absolute Gasteiger partial charge is 1.00 e. The van der Waals surface area contributed by atoms with E-state index in [2.05, 4.69) is 52.9 Å². The maximum atomic E-state index is 13.9. The second kappa shape index (κ2) is 56.1. The van der Waals surface area contributed by atoms with Crippen molar-refractivity contribution in [1.82, 2.24) is 16.8 Å². The van der Waals surface area contributed by atoms with Gasteiger partial charge in [0.2, 0.25) is 0 Å². The van der Waals surface area contributed by atoms with E-state index in [1.807, 2.05) is 40.7 Å². The molecule has 0 aromatic heterocycles. The molecule has 0 saturated heterocycles. The van der Waals surface area contributed by atoms with Crippen molar-refractivity contribution in [2.45, 2.75) is 110 Å². The number of alkyl halides is 1. The number of amides is 2. The van der Waals surface area contributed by atoms with E-state index in [4.69, 9.17) is 50.9 Å². The lowest BCUT2D eigenvalue weighted by Gasteiger charge is -2.20. The molecule has 0 bridgehead atoms. The summed E-state index contributed by atoms with van der Waals surface area (Å²) in [5.74, 6) is -12.3. The molecule has 0 unspecified atom stereocenters. The SMILES string of the molecule is CO.C[C@@H](CO)CCCNC(=O)OC(C)(C)C.C[C@H](CCCNC(=O)OC(C)(C)C)COc1cc(-c2ccc(F)c(F)c2)cc(-c2ccc(F)c(F)c2)c1.N.O[B]Oc1ccc(F)c(F)c1.Oc1cc(-c2ccc(F)c(F)c2)cc(-c2ccc(F)c(F)c2)c1.Oc1cc(Br)cc(Br)c1.[Cl-].[NH3+]CCC[C@@H](Cl)COc1cc(-c2ccc(F)c(F)c2)cc(-c2ccc(F)c(F)c2)c1. The van der Waals surface area contributed by atoms with Gasteiger partial charge in [-0.1, -0.05) is 82.1 Å². The highest BCUT2D eigenvalue weighted by Gasteiger charge is 2.21. The van der Waals surface area contributed by atoms with Crippen molar-refractivity contribution in [3.05, 3.63) is 291 Å². The van der Waals surface area contributed by atoms with Gasteiger partial charge >= 0.3 is 19.9 Å². The summed E-state index contributed by atoms with van der Waals surface area (Å²) in [5.41, 5.74) is 8.12. The zero-order chi connectivity index (χ0) is 94.4. The van der Waals surface area contributed by atoms with Crippen LogP contribution in [0.5, 0.6) is 28.7 Å². The first-order valence-electron chi connectivity index (χ1n) is 39.3. The molecule has 11 rings (SSSR count). The number of benzene rings is 11. The standard InChI is InChI=1S/C29H31F4NO3.C23H20ClF4NO.C18H10F4O.C11H23NO3.C6H4BF2O2.C6H4Br2O.CH4O.ClH.H3N/c1-18(6-5-11-34-28(35)37-29(2,3)4)17-36-23-13-21(19-7-9-24(30)26(32)15-19)12-22(14-23)20-8-10-25(31)27(33)16-20;24-18(2-1-7-29)13-30-19-9-16(14-3-5-20(25)22(27)11-14)8-17(10-19)15-4-6-21(26)23(28)12-15;19-15-3-1-10(8-17(15)21)12-5-13(7-14(23)6-12)11-2-4-16(20)18(22)9-11;1-9(8-13)6-5-7-12-10(14)15-11(2,3)4;8-5-2-1-4(11-7-10)3-6(5)9;7-4-1-5(8)3-6(9)2-4;1-2;;/h7-10,12-16,18H,5-6,11,17H2,1-4H3,(H,34,35);3-6,8-12,18H,1-2,7,13,29H2;1-9,23H;9,13H,5-8H2,1-4H3,(H,12,14);1-3,10H;1-3,9H;2H,1H3;1H;1H3/t2*18-;;9-;;;;;/m11.1...../s1. The quantitative estimate of drug-likeness (QED) is 0.0106. The Morgan fingerprint density at radius 3 is 0.961 bits per heavy atom. The van der Waals surface area contributed by atoms with Crippen LogP contribution >= 0.6 is 43.5 Å². The Balaban J connectivity index is 0.000000420. The van der Waals surface area contributed by atoms with E-state index in [-0.39, 0.29) is 66.4 Å². The molecule has 129 heavy (non-hydrogen) atoms. The van der Waals surface area contributed by atoms with Crippen LogP contribution in [-0.4, -0.2) is 108 Å². The van der Waals surface area contributed by atoms with Gasteiger partial charge in [-0.2, -0.15) is 0 Å². The predicted octanol–water partition coefficient (Wildman–Crippen LogP) is 21.2. The van der Waals surface area contributed by atoms with Gasteiger partial charge in [0.25, 0.3) is 0 Å². The lowest BCUT2D eigenvalue weighted by Crippen LogP contribution is -3.00. The van der Waals surface area contributed by atoms with Crippen molar-refractivity contribution in [1.29, 1.82) is 0 Å². The van der Waals surface area contributed by atoms with Gasteiger partial charge in [-0.05, 0) is 316 Å². The lowest BCUT2D eigenvalue weighted by atomic mass is 9.98. The highest BCUT2D eigenvalue weighted by atomic mass is 79.9. The van der Waals surface area contributed by atoms with Crippen LogP contribution in [0.15, 0.2) is 209 Å². The molecule has 0 aliphatic heterocycles. The average molecular weight is 1990 g/mol. The number of halogens is 18. The molecule has 11 aromatic rings. The van der Waals surface area contributed by atoms with E-state index in [0.717, 1.165) is 146 Å². The van der Waals surface area contributed by atoms with Gasteiger partial charge in [0, 0.05) is 41.8 Å². The minimum absolute atomic E-state index is 0. The monoisotopic (exact) mass is 1980 g/mol. The Morgan fingerprint density at radius 2 is 0.682 bits per heavy atom. The van der Waals surface area contributed by atoms with Gasteiger partial charge in [-0.25, -0.2) is 71.1 Å². The molecule has 16 nitrogen and oxygen atoms in total. The summed E-state index contributed by atoms with van der Waals surface area (Å²) in [7, 11) is 1.40. The van der Waals surface area contributed by atoms with Crippen LogP contribution < -0.4 is 49.1 Å². The number of aliphatic hydroxyl groups is 2. The zero-order valence-corrected chi connectivity index (χ0v) is 76.3. The number of nitrogens with one attached hydrogen (secondary N) is 2. The molecular formula is C94H100BBr2Cl2F14N4O12. The van der Waals surface area contributed by atoms with Crippen LogP contribution in [-0.2, 0) is 9.47 Å². The number of aliphatic hydroxyl groups excluding tert-OH is 2. The summed E-state index contributed by atoms with van der Waals surface area (Å²) in [4.78, 5) is 22.9. The highest BCUT2D eigenvalue weighted by Crippen LogP contribution is 2.38. The number of hydrogen-bond acceptors (Lipinski definition) is 13. The molecule has 2 amide bonds. The van der Waals surface area contributed by atoms with Crippen LogP contribution in [0.1, 0.15) is 93.9 Å². The molecule has 13 N–H and O–H groups in total. The van der Waals surface area contributed by atoms with Crippen LogP contribution in [0.3, 0.4) is 0 Å². The van der Waals surface area contributed by atoms with Crippen LogP contribution in [0.4, 0.5) is 71.1 Å². The molecule has 0 aliphatic carbocycles. The van der Waals surface area contributed by atoms with Gasteiger partial charge in [-0.15, -0.1) is 11.6 Å². The normalized spacial score (nSPS) is 11.3. The van der Waals surface area contributed by atoms with E-state index in [9.17, 15) is 76.2 Å². The maximum absolute atomic E-state index is 13.9. The highest BCUT2D eigenvalue weighted by molar-refractivity contribution is 9.11. The third kappa shape index (κ3) is 40.9. The van der Waals surface area contributed by atoms with Crippen molar-refractivity contribution in [3.8, 4) is 95.5 Å². The Hall–Kier alpha value is -10.6. The smallest absolute Gasteiger partial charge is 0.569 e. The number of carbonyl (C=O) groups excluding carboxylic acids is 2. The molecular weight excluding hydrogens is 1880 g/mol. The Labute approximate surface area is 768 Å². The molecule has 697 valence electrons. The summed E-state index contributed by atoms with van der Waals surface area (Å²) < 4.78 is 214. The number of phenolic OH excluding ortho intramolecular Hbond substituents is 2. The third-order valence-electron chi connectivity index (χ3n) is 17.3. The van der Waals surface area contributed by atoms with Crippen molar-refractivity contribution in [2.24, 2.45) is 11.8 Å². The van der Waals surface area contributed by atoms with Crippen LogP contribution in [0.25, 0.3) is 66.8 Å². The predicted molar refractivity (Wildman–Crippen MR) is 475 cm³/mol. The summed E-state index contributed by atoms with van der Waals surface area (Å²) in [5, 5.41) is 47.8. The van der Waals surface area contributed by atoms with Gasteiger partial charge in [0.1, 0.15) is 46.6 Å². The van der Waals surface area contributed by atoms with Crippen LogP contribution in [0.2, 0.25) is 0 Å². The number of phenols is 2. The van der Waals surface area contributed by atoms with Crippen molar-refractivity contribution < 1.29 is 138 Å².